The summed E-state index contributed by atoms with van der Waals surface area (Å²) in [5, 5.41) is 0. The molecule has 2 aromatic carbocycles. The Morgan fingerprint density at radius 3 is 2.11 bits per heavy atom. The zero-order chi connectivity index (χ0) is 25.4. The zero-order valence-electron chi connectivity index (χ0n) is 20.8. The SMILES string of the molecule is COC(=O)[C@@H]1CCC(N(Cc2ccccc2)C(=O)OCc2ccccc2)CN1C(=O)OC(C)(C)C. The van der Waals surface area contributed by atoms with Crippen molar-refractivity contribution in [2.75, 3.05) is 13.7 Å². The minimum atomic E-state index is -0.773. The Balaban J connectivity index is 1.82. The van der Waals surface area contributed by atoms with Crippen LogP contribution in [0.1, 0.15) is 44.7 Å². The number of benzene rings is 2. The van der Waals surface area contributed by atoms with Crippen LogP contribution in [0.2, 0.25) is 0 Å². The van der Waals surface area contributed by atoms with Crippen molar-refractivity contribution >= 4 is 18.2 Å². The molecule has 2 atom stereocenters. The Labute approximate surface area is 206 Å². The van der Waals surface area contributed by atoms with Crippen molar-refractivity contribution < 1.29 is 28.6 Å². The van der Waals surface area contributed by atoms with Crippen LogP contribution in [0.3, 0.4) is 0 Å². The highest BCUT2D eigenvalue weighted by atomic mass is 16.6. The standard InChI is InChI=1S/C27H34N2O6/c1-27(2,3)35-26(32)29-18-22(15-16-23(29)24(30)33-4)28(17-20-11-7-5-8-12-20)25(31)34-19-21-13-9-6-10-14-21/h5-14,22-23H,15-19H2,1-4H3/t22?,23-/m0/s1. The van der Waals surface area contributed by atoms with Crippen LogP contribution in [0.5, 0.6) is 0 Å². The number of methoxy groups -OCH3 is 1. The monoisotopic (exact) mass is 482 g/mol. The van der Waals surface area contributed by atoms with E-state index < -0.39 is 29.8 Å². The van der Waals surface area contributed by atoms with Crippen LogP contribution in [0, 0.1) is 0 Å². The normalized spacial score (nSPS) is 17.9. The maximum absolute atomic E-state index is 13.3. The van der Waals surface area contributed by atoms with Crippen molar-refractivity contribution in [1.29, 1.82) is 0 Å². The van der Waals surface area contributed by atoms with Gasteiger partial charge in [-0.25, -0.2) is 14.4 Å². The Morgan fingerprint density at radius 1 is 0.943 bits per heavy atom. The number of nitrogens with zero attached hydrogens (tertiary/aromatic N) is 2. The van der Waals surface area contributed by atoms with Gasteiger partial charge in [0, 0.05) is 13.1 Å². The molecule has 0 aliphatic carbocycles. The van der Waals surface area contributed by atoms with E-state index in [9.17, 15) is 14.4 Å². The van der Waals surface area contributed by atoms with Crippen LogP contribution in [0.25, 0.3) is 0 Å². The second kappa shape index (κ2) is 11.7. The van der Waals surface area contributed by atoms with E-state index in [2.05, 4.69) is 0 Å². The zero-order valence-corrected chi connectivity index (χ0v) is 20.8. The van der Waals surface area contributed by atoms with Crippen LogP contribution in [-0.2, 0) is 32.2 Å². The van der Waals surface area contributed by atoms with E-state index in [1.165, 1.54) is 12.0 Å². The van der Waals surface area contributed by atoms with E-state index >= 15 is 0 Å². The lowest BCUT2D eigenvalue weighted by Gasteiger charge is -2.42. The number of carbonyl (C=O) groups excluding carboxylic acids is 3. The first-order valence-corrected chi connectivity index (χ1v) is 11.8. The smallest absolute Gasteiger partial charge is 0.411 e. The molecule has 2 amide bonds. The van der Waals surface area contributed by atoms with Gasteiger partial charge in [-0.2, -0.15) is 0 Å². The largest absolute Gasteiger partial charge is 0.467 e. The highest BCUT2D eigenvalue weighted by Crippen LogP contribution is 2.26. The summed E-state index contributed by atoms with van der Waals surface area (Å²) >= 11 is 0. The molecular formula is C27H34N2O6. The molecule has 1 saturated heterocycles. The lowest BCUT2D eigenvalue weighted by atomic mass is 9.97. The lowest BCUT2D eigenvalue weighted by molar-refractivity contribution is -0.148. The molecule has 1 unspecified atom stereocenters. The number of ether oxygens (including phenoxy) is 3. The molecule has 35 heavy (non-hydrogen) atoms. The van der Waals surface area contributed by atoms with E-state index in [4.69, 9.17) is 14.2 Å². The highest BCUT2D eigenvalue weighted by Gasteiger charge is 2.41. The van der Waals surface area contributed by atoms with Crippen LogP contribution in [0.4, 0.5) is 9.59 Å². The molecule has 1 fully saturated rings. The van der Waals surface area contributed by atoms with Gasteiger partial charge in [0.1, 0.15) is 18.2 Å². The van der Waals surface area contributed by atoms with Crippen LogP contribution >= 0.6 is 0 Å². The first-order valence-electron chi connectivity index (χ1n) is 11.8. The number of amides is 2. The van der Waals surface area contributed by atoms with Crippen LogP contribution in [-0.4, -0.2) is 59.3 Å². The molecule has 0 radical (unpaired) electrons. The van der Waals surface area contributed by atoms with E-state index in [0.717, 1.165) is 11.1 Å². The molecule has 1 aliphatic rings. The van der Waals surface area contributed by atoms with Crippen LogP contribution < -0.4 is 0 Å². The van der Waals surface area contributed by atoms with E-state index in [-0.39, 0.29) is 19.2 Å². The highest BCUT2D eigenvalue weighted by molar-refractivity contribution is 5.82. The molecule has 8 heteroatoms. The third kappa shape index (κ3) is 7.47. The summed E-state index contributed by atoms with van der Waals surface area (Å²) in [7, 11) is 1.30. The second-order valence-corrected chi connectivity index (χ2v) is 9.56. The lowest BCUT2D eigenvalue weighted by Crippen LogP contribution is -2.58. The molecule has 1 aliphatic heterocycles. The summed E-state index contributed by atoms with van der Waals surface area (Å²) in [6.45, 7) is 5.87. The summed E-state index contributed by atoms with van der Waals surface area (Å²) in [6.07, 6.45) is -0.251. The molecule has 0 aromatic heterocycles. The van der Waals surface area contributed by atoms with Crippen molar-refractivity contribution in [2.45, 2.75) is 64.4 Å². The molecule has 0 saturated carbocycles. The van der Waals surface area contributed by atoms with Gasteiger partial charge in [0.25, 0.3) is 0 Å². The number of carbonyl (C=O) groups is 3. The Morgan fingerprint density at radius 2 is 1.54 bits per heavy atom. The predicted octanol–water partition coefficient (Wildman–Crippen LogP) is 4.77. The fourth-order valence-corrected chi connectivity index (χ4v) is 4.03. The number of hydrogen-bond acceptors (Lipinski definition) is 6. The third-order valence-electron chi connectivity index (χ3n) is 5.73. The van der Waals surface area contributed by atoms with Crippen molar-refractivity contribution in [3.63, 3.8) is 0 Å². The molecule has 0 spiro atoms. The quantitative estimate of drug-likeness (QED) is 0.436. The molecule has 2 aromatic rings. The third-order valence-corrected chi connectivity index (χ3v) is 5.73. The van der Waals surface area contributed by atoms with Crippen molar-refractivity contribution in [2.24, 2.45) is 0 Å². The number of piperidine rings is 1. The molecule has 3 rings (SSSR count). The fourth-order valence-electron chi connectivity index (χ4n) is 4.03. The average Bonchev–Trinajstić information content (AvgIpc) is 2.85. The van der Waals surface area contributed by atoms with E-state index in [1.54, 1.807) is 25.7 Å². The number of likely N-dealkylation sites (tertiary alicyclic amines) is 1. The first-order chi connectivity index (χ1) is 16.7. The van der Waals surface area contributed by atoms with Crippen LogP contribution in [0.15, 0.2) is 60.7 Å². The Kier molecular flexibility index (Phi) is 8.73. The maximum atomic E-state index is 13.3. The Bertz CT molecular complexity index is 990. The molecule has 8 nitrogen and oxygen atoms in total. The number of esters is 1. The van der Waals surface area contributed by atoms with Gasteiger partial charge in [0.2, 0.25) is 0 Å². The van der Waals surface area contributed by atoms with Gasteiger partial charge in [0.05, 0.1) is 13.2 Å². The number of hydrogen-bond donors (Lipinski definition) is 0. The molecule has 1 heterocycles. The molecule has 188 valence electrons. The summed E-state index contributed by atoms with van der Waals surface area (Å²) < 4.78 is 16.1. The maximum Gasteiger partial charge on any atom is 0.411 e. The van der Waals surface area contributed by atoms with Gasteiger partial charge in [-0.3, -0.25) is 9.80 Å². The van der Waals surface area contributed by atoms with Gasteiger partial charge >= 0.3 is 18.2 Å². The molecule has 0 bridgehead atoms. The second-order valence-electron chi connectivity index (χ2n) is 9.56. The van der Waals surface area contributed by atoms with Crippen molar-refractivity contribution in [3.05, 3.63) is 71.8 Å². The minimum absolute atomic E-state index is 0.127. The fraction of sp³-hybridized carbons (Fsp3) is 0.444. The number of rotatable bonds is 6. The van der Waals surface area contributed by atoms with E-state index in [1.807, 2.05) is 60.7 Å². The van der Waals surface area contributed by atoms with E-state index in [0.29, 0.717) is 19.4 Å². The topological polar surface area (TPSA) is 85.4 Å². The predicted molar refractivity (Wildman–Crippen MR) is 130 cm³/mol. The Hall–Kier alpha value is -3.55. The van der Waals surface area contributed by atoms with Gasteiger partial charge < -0.3 is 14.2 Å². The molecular weight excluding hydrogens is 448 g/mol. The summed E-state index contributed by atoms with van der Waals surface area (Å²) in [4.78, 5) is 41.7. The van der Waals surface area contributed by atoms with Crippen molar-refractivity contribution in [3.8, 4) is 0 Å². The molecule has 0 N–H and O–H groups in total. The van der Waals surface area contributed by atoms with Gasteiger partial charge in [-0.1, -0.05) is 60.7 Å². The van der Waals surface area contributed by atoms with Crippen molar-refractivity contribution in [1.82, 2.24) is 9.80 Å². The van der Waals surface area contributed by atoms with Gasteiger partial charge in [-0.05, 0) is 44.7 Å². The summed E-state index contributed by atoms with van der Waals surface area (Å²) in [5.74, 6) is -0.504. The minimum Gasteiger partial charge on any atom is -0.467 e. The summed E-state index contributed by atoms with van der Waals surface area (Å²) in [6, 6.07) is 17.9. The first kappa shape index (κ1) is 26.1. The van der Waals surface area contributed by atoms with Gasteiger partial charge in [0.15, 0.2) is 0 Å². The average molecular weight is 483 g/mol. The van der Waals surface area contributed by atoms with Gasteiger partial charge in [-0.15, -0.1) is 0 Å². The summed E-state index contributed by atoms with van der Waals surface area (Å²) in [5.41, 5.74) is 1.08.